The molecule has 34 heavy (non-hydrogen) atoms. The number of aryl methyl sites for hydroxylation is 1. The normalized spacial score (nSPS) is 14.4. The van der Waals surface area contributed by atoms with Gasteiger partial charge in [-0.3, -0.25) is 9.59 Å². The van der Waals surface area contributed by atoms with E-state index in [1.165, 1.54) is 10.6 Å². The van der Waals surface area contributed by atoms with E-state index in [9.17, 15) is 22.8 Å². The van der Waals surface area contributed by atoms with Crippen molar-refractivity contribution in [3.05, 3.63) is 92.5 Å². The average molecular weight is 491 g/mol. The highest BCUT2D eigenvalue weighted by molar-refractivity contribution is 6.33. The van der Waals surface area contributed by atoms with Crippen LogP contribution in [0.2, 0.25) is 5.02 Å². The smallest absolute Gasteiger partial charge is 0.352 e. The molecule has 0 atom stereocenters. The zero-order valence-corrected chi connectivity index (χ0v) is 19.1. The third-order valence-electron chi connectivity index (χ3n) is 5.70. The Hall–Kier alpha value is -3.33. The van der Waals surface area contributed by atoms with Crippen LogP contribution < -0.4 is 10.5 Å². The molecule has 1 aliphatic heterocycles. The van der Waals surface area contributed by atoms with Crippen molar-refractivity contribution >= 4 is 23.3 Å². The Morgan fingerprint density at radius 1 is 1.09 bits per heavy atom. The second kappa shape index (κ2) is 9.50. The molecule has 0 aliphatic carbocycles. The lowest BCUT2D eigenvalue weighted by atomic mass is 10.1. The molecule has 4 rings (SSSR count). The van der Waals surface area contributed by atoms with Crippen LogP contribution in [0.15, 0.2) is 59.7 Å². The molecule has 0 unspecified atom stereocenters. The minimum absolute atomic E-state index is 0.0780. The van der Waals surface area contributed by atoms with E-state index in [2.05, 4.69) is 4.98 Å². The molecule has 2 aromatic heterocycles. The molecular formula is C24H22ClF3N4O2. The number of halogens is 4. The van der Waals surface area contributed by atoms with E-state index in [4.69, 9.17) is 11.6 Å². The highest BCUT2D eigenvalue weighted by Gasteiger charge is 2.32. The SMILES string of the molecule is Cc1cccc(Cn2cccc(C(=O)N3CCN(c4ncc(C(F)(F)F)cc4Cl)CC3)c2=O)c1. The summed E-state index contributed by atoms with van der Waals surface area (Å²) < 4.78 is 40.1. The summed E-state index contributed by atoms with van der Waals surface area (Å²) in [6.07, 6.45) is -2.13. The van der Waals surface area contributed by atoms with Crippen LogP contribution in [-0.4, -0.2) is 46.5 Å². The number of piperazine rings is 1. The van der Waals surface area contributed by atoms with Crippen molar-refractivity contribution in [2.45, 2.75) is 19.6 Å². The zero-order valence-electron chi connectivity index (χ0n) is 18.3. The van der Waals surface area contributed by atoms with Crippen molar-refractivity contribution in [3.8, 4) is 0 Å². The maximum absolute atomic E-state index is 13.1. The fraction of sp³-hybridized carbons (Fsp3) is 0.292. The van der Waals surface area contributed by atoms with Crippen LogP contribution in [0.5, 0.6) is 0 Å². The largest absolute Gasteiger partial charge is 0.417 e. The molecule has 6 nitrogen and oxygen atoms in total. The van der Waals surface area contributed by atoms with Gasteiger partial charge in [0.1, 0.15) is 11.4 Å². The van der Waals surface area contributed by atoms with E-state index >= 15 is 0 Å². The number of pyridine rings is 2. The summed E-state index contributed by atoms with van der Waals surface area (Å²) in [5, 5.41) is -0.100. The van der Waals surface area contributed by atoms with Crippen molar-refractivity contribution in [1.29, 1.82) is 0 Å². The molecule has 1 saturated heterocycles. The Labute approximate surface area is 199 Å². The van der Waals surface area contributed by atoms with Crippen molar-refractivity contribution in [1.82, 2.24) is 14.5 Å². The number of hydrogen-bond acceptors (Lipinski definition) is 4. The number of benzene rings is 1. The standard InChI is InChI=1S/C24H22ClF3N4O2/c1-16-4-2-5-17(12-16)15-32-7-3-6-19(23(32)34)22(33)31-10-8-30(9-11-31)21-20(25)13-18(14-29-21)24(26,27)28/h2-7,12-14H,8-11,15H2,1H3. The number of carbonyl (C=O) groups is 1. The zero-order chi connectivity index (χ0) is 24.5. The maximum atomic E-state index is 13.1. The molecule has 1 aromatic carbocycles. The van der Waals surface area contributed by atoms with Crippen molar-refractivity contribution in [3.63, 3.8) is 0 Å². The average Bonchev–Trinajstić information content (AvgIpc) is 2.79. The van der Waals surface area contributed by atoms with E-state index in [1.54, 1.807) is 22.1 Å². The van der Waals surface area contributed by atoms with E-state index in [-0.39, 0.29) is 41.0 Å². The Bertz CT molecular complexity index is 1270. The lowest BCUT2D eigenvalue weighted by Gasteiger charge is -2.35. The number of carbonyl (C=O) groups excluding carboxylic acids is 1. The molecule has 0 saturated carbocycles. The number of aromatic nitrogens is 2. The Kier molecular flexibility index (Phi) is 6.65. The quantitative estimate of drug-likeness (QED) is 0.549. The van der Waals surface area contributed by atoms with Gasteiger partial charge in [0.25, 0.3) is 11.5 Å². The van der Waals surface area contributed by atoms with Gasteiger partial charge in [-0.1, -0.05) is 41.4 Å². The van der Waals surface area contributed by atoms with Gasteiger partial charge in [0.2, 0.25) is 0 Å². The van der Waals surface area contributed by atoms with Gasteiger partial charge in [-0.25, -0.2) is 4.98 Å². The predicted octanol–water partition coefficient (Wildman–Crippen LogP) is 4.23. The molecule has 1 fully saturated rings. The second-order valence-corrected chi connectivity index (χ2v) is 8.56. The molecule has 3 heterocycles. The van der Waals surface area contributed by atoms with Gasteiger partial charge in [0.05, 0.1) is 17.1 Å². The molecule has 0 bridgehead atoms. The Morgan fingerprint density at radius 2 is 1.82 bits per heavy atom. The highest BCUT2D eigenvalue weighted by atomic mass is 35.5. The summed E-state index contributed by atoms with van der Waals surface area (Å²) in [5.74, 6) is -0.142. The molecule has 1 aliphatic rings. The molecule has 0 N–H and O–H groups in total. The lowest BCUT2D eigenvalue weighted by molar-refractivity contribution is -0.137. The fourth-order valence-electron chi connectivity index (χ4n) is 3.94. The maximum Gasteiger partial charge on any atom is 0.417 e. The van der Waals surface area contributed by atoms with Crippen molar-refractivity contribution < 1.29 is 18.0 Å². The Morgan fingerprint density at radius 3 is 2.47 bits per heavy atom. The highest BCUT2D eigenvalue weighted by Crippen LogP contribution is 2.33. The summed E-state index contributed by atoms with van der Waals surface area (Å²) >= 11 is 6.05. The number of amides is 1. The molecule has 1 amide bonds. The van der Waals surface area contributed by atoms with E-state index < -0.39 is 11.7 Å². The van der Waals surface area contributed by atoms with Gasteiger partial charge < -0.3 is 14.4 Å². The van der Waals surface area contributed by atoms with Crippen molar-refractivity contribution in [2.24, 2.45) is 0 Å². The first-order valence-corrected chi connectivity index (χ1v) is 11.0. The van der Waals surface area contributed by atoms with Gasteiger partial charge >= 0.3 is 6.18 Å². The summed E-state index contributed by atoms with van der Waals surface area (Å²) in [5.41, 5.74) is 0.832. The lowest BCUT2D eigenvalue weighted by Crippen LogP contribution is -2.50. The summed E-state index contributed by atoms with van der Waals surface area (Å²) in [6.45, 7) is 3.54. The molecule has 178 valence electrons. The first-order chi connectivity index (χ1) is 16.1. The number of nitrogens with zero attached hydrogens (tertiary/aromatic N) is 4. The van der Waals surface area contributed by atoms with E-state index in [0.29, 0.717) is 19.6 Å². The minimum atomic E-state index is -4.53. The van der Waals surface area contributed by atoms with Crippen LogP contribution in [0.3, 0.4) is 0 Å². The molecule has 0 radical (unpaired) electrons. The van der Waals surface area contributed by atoms with Gasteiger partial charge in [-0.05, 0) is 30.7 Å². The first kappa shape index (κ1) is 23.8. The summed E-state index contributed by atoms with van der Waals surface area (Å²) in [7, 11) is 0. The summed E-state index contributed by atoms with van der Waals surface area (Å²) in [4.78, 5) is 33.2. The fourth-order valence-corrected chi connectivity index (χ4v) is 4.23. The topological polar surface area (TPSA) is 58.4 Å². The molecule has 3 aromatic rings. The first-order valence-electron chi connectivity index (χ1n) is 10.7. The van der Waals surface area contributed by atoms with Crippen LogP contribution in [0.1, 0.15) is 27.0 Å². The number of anilines is 1. The van der Waals surface area contributed by atoms with E-state index in [0.717, 1.165) is 23.4 Å². The third-order valence-corrected chi connectivity index (χ3v) is 5.98. The van der Waals surface area contributed by atoms with Gasteiger partial charge in [-0.2, -0.15) is 13.2 Å². The second-order valence-electron chi connectivity index (χ2n) is 8.15. The third kappa shape index (κ3) is 5.09. The van der Waals surface area contributed by atoms with Gasteiger partial charge in [0, 0.05) is 38.6 Å². The van der Waals surface area contributed by atoms with Crippen LogP contribution in [0.4, 0.5) is 19.0 Å². The van der Waals surface area contributed by atoms with Gasteiger partial charge in [-0.15, -0.1) is 0 Å². The number of hydrogen-bond donors (Lipinski definition) is 0. The number of alkyl halides is 3. The number of rotatable bonds is 4. The molecule has 0 spiro atoms. The Balaban J connectivity index is 1.45. The molecular weight excluding hydrogens is 469 g/mol. The van der Waals surface area contributed by atoms with Crippen molar-refractivity contribution in [2.75, 3.05) is 31.1 Å². The monoisotopic (exact) mass is 490 g/mol. The van der Waals surface area contributed by atoms with Crippen LogP contribution in [-0.2, 0) is 12.7 Å². The molecule has 10 heteroatoms. The minimum Gasteiger partial charge on any atom is -0.352 e. The predicted molar refractivity (Wildman–Crippen MR) is 123 cm³/mol. The van der Waals surface area contributed by atoms with Crippen LogP contribution in [0, 0.1) is 6.92 Å². The van der Waals surface area contributed by atoms with E-state index in [1.807, 2.05) is 31.2 Å². The van der Waals surface area contributed by atoms with Crippen LogP contribution >= 0.6 is 11.6 Å². The summed E-state index contributed by atoms with van der Waals surface area (Å²) in [6, 6.07) is 11.8. The van der Waals surface area contributed by atoms with Gasteiger partial charge in [0.15, 0.2) is 0 Å². The van der Waals surface area contributed by atoms with Crippen LogP contribution in [0.25, 0.3) is 0 Å².